The van der Waals surface area contributed by atoms with Crippen LogP contribution in [-0.2, 0) is 9.47 Å². The molecular formula is C27H51IN6O2. The van der Waals surface area contributed by atoms with Crippen LogP contribution in [0.25, 0.3) is 0 Å². The van der Waals surface area contributed by atoms with Gasteiger partial charge in [-0.3, -0.25) is 19.6 Å². The van der Waals surface area contributed by atoms with Crippen LogP contribution in [0.2, 0.25) is 0 Å². The molecule has 0 radical (unpaired) electrons. The van der Waals surface area contributed by atoms with Crippen molar-refractivity contribution in [2.75, 3.05) is 98.7 Å². The van der Waals surface area contributed by atoms with Crippen LogP contribution >= 0.6 is 22.9 Å². The molecule has 9 heteroatoms. The van der Waals surface area contributed by atoms with Gasteiger partial charge < -0.3 is 14.4 Å². The molecule has 5 aliphatic rings. The summed E-state index contributed by atoms with van der Waals surface area (Å²) in [6.07, 6.45) is 2.88. The summed E-state index contributed by atoms with van der Waals surface area (Å²) in [5, 5.41) is 0. The van der Waals surface area contributed by atoms with E-state index in [9.17, 15) is 0 Å². The van der Waals surface area contributed by atoms with Gasteiger partial charge in [0.15, 0.2) is 0 Å². The molecule has 5 rings (SSSR count). The van der Waals surface area contributed by atoms with E-state index in [1.54, 1.807) is 0 Å². The fourth-order valence-electron chi connectivity index (χ4n) is 7.27. The first-order valence-electron chi connectivity index (χ1n) is 14.5. The van der Waals surface area contributed by atoms with Crippen LogP contribution in [0, 0.1) is 0 Å². The van der Waals surface area contributed by atoms with Crippen LogP contribution in [0.1, 0.15) is 40.5 Å². The van der Waals surface area contributed by atoms with Gasteiger partial charge in [-0.05, 0) is 47.6 Å². The molecular weight excluding hydrogens is 567 g/mol. The summed E-state index contributed by atoms with van der Waals surface area (Å²) in [6.45, 7) is 24.7. The summed E-state index contributed by atoms with van der Waals surface area (Å²) >= 11 is 2.46. The Morgan fingerprint density at radius 1 is 0.778 bits per heavy atom. The van der Waals surface area contributed by atoms with E-state index < -0.39 is 0 Å². The third-order valence-electron chi connectivity index (χ3n) is 9.47. The van der Waals surface area contributed by atoms with E-state index in [2.05, 4.69) is 85.2 Å². The van der Waals surface area contributed by atoms with Gasteiger partial charge in [-0.15, -0.1) is 0 Å². The molecule has 0 aromatic rings. The molecule has 0 N–H and O–H groups in total. The number of ether oxygens (including phenoxy) is 2. The lowest BCUT2D eigenvalue weighted by Gasteiger charge is -2.59. The van der Waals surface area contributed by atoms with E-state index in [4.69, 9.17) is 9.47 Å². The number of hydrogen-bond acceptors (Lipinski definition) is 8. The molecule has 5 fully saturated rings. The molecule has 3 unspecified atom stereocenters. The van der Waals surface area contributed by atoms with Crippen molar-refractivity contribution in [1.29, 1.82) is 0 Å². The highest BCUT2D eigenvalue weighted by molar-refractivity contribution is 14.1. The Bertz CT molecular complexity index is 723. The van der Waals surface area contributed by atoms with Gasteiger partial charge in [-0.1, -0.05) is 0 Å². The van der Waals surface area contributed by atoms with Crippen molar-refractivity contribution in [1.82, 2.24) is 27.6 Å². The van der Waals surface area contributed by atoms with Crippen molar-refractivity contribution in [2.24, 2.45) is 0 Å². The van der Waals surface area contributed by atoms with E-state index in [1.165, 1.54) is 39.0 Å². The van der Waals surface area contributed by atoms with E-state index >= 15 is 0 Å². The zero-order valence-corrected chi connectivity index (χ0v) is 25.7. The largest absolute Gasteiger partial charge is 0.370 e. The minimum atomic E-state index is 0.0396. The first kappa shape index (κ1) is 28.0. The fraction of sp³-hybridized carbons (Fsp3) is 1.00. The highest BCUT2D eigenvalue weighted by Gasteiger charge is 2.52. The SMILES string of the molecule is CC(C)N1CC2(CN(C)CC(CN3CC4(C3)CN(C(C)CCC(C)N3CCN(I)CC3)CCO4)O2)C1. The third kappa shape index (κ3) is 6.41. The van der Waals surface area contributed by atoms with Gasteiger partial charge in [0, 0.05) is 126 Å². The highest BCUT2D eigenvalue weighted by Crippen LogP contribution is 2.35. The van der Waals surface area contributed by atoms with Crippen molar-refractivity contribution >= 4 is 22.9 Å². The molecule has 208 valence electrons. The van der Waals surface area contributed by atoms with Crippen LogP contribution < -0.4 is 0 Å². The van der Waals surface area contributed by atoms with E-state index in [1.807, 2.05) is 0 Å². The second-order valence-electron chi connectivity index (χ2n) is 13.0. The Balaban J connectivity index is 1.04. The van der Waals surface area contributed by atoms with Crippen LogP contribution in [0.4, 0.5) is 0 Å². The Labute approximate surface area is 234 Å². The van der Waals surface area contributed by atoms with Crippen LogP contribution in [0.3, 0.4) is 0 Å². The molecule has 8 nitrogen and oxygen atoms in total. The minimum absolute atomic E-state index is 0.0396. The standard InChI is InChI=1S/C27H51IN6O2/c1-22(2)33-20-27(21-33)16-29(5)14-25(36-27)15-30-17-26(18-30)19-32(12-13-35-26)24(4)7-6-23(3)31-8-10-34(28)11-9-31/h22-25H,6-21H2,1-5H3. The molecule has 5 saturated heterocycles. The first-order chi connectivity index (χ1) is 17.1. The number of morpholine rings is 2. The Morgan fingerprint density at radius 2 is 1.42 bits per heavy atom. The van der Waals surface area contributed by atoms with E-state index in [0.717, 1.165) is 65.5 Å². The Hall–Kier alpha value is 0.410. The lowest BCUT2D eigenvalue weighted by atomic mass is 9.88. The summed E-state index contributed by atoms with van der Waals surface area (Å²) in [5.41, 5.74) is 0.0941. The summed E-state index contributed by atoms with van der Waals surface area (Å²) in [5.74, 6) is 0. The molecule has 0 aromatic heterocycles. The molecule has 0 amide bonds. The van der Waals surface area contributed by atoms with Crippen LogP contribution in [0.5, 0.6) is 0 Å². The van der Waals surface area contributed by atoms with Gasteiger partial charge in [-0.2, -0.15) is 0 Å². The first-order valence-corrected chi connectivity index (χ1v) is 15.5. The molecule has 0 aliphatic carbocycles. The summed E-state index contributed by atoms with van der Waals surface area (Å²) in [4.78, 5) is 13.0. The lowest BCUT2D eigenvalue weighted by Crippen LogP contribution is -2.75. The molecule has 5 heterocycles. The fourth-order valence-corrected chi connectivity index (χ4v) is 7.71. The molecule has 0 bridgehead atoms. The highest BCUT2D eigenvalue weighted by atomic mass is 127. The number of halogens is 1. The Kier molecular flexibility index (Phi) is 8.92. The summed E-state index contributed by atoms with van der Waals surface area (Å²) in [6, 6.07) is 1.93. The van der Waals surface area contributed by atoms with Crippen molar-refractivity contribution in [3.63, 3.8) is 0 Å². The average molecular weight is 619 g/mol. The van der Waals surface area contributed by atoms with Gasteiger partial charge in [-0.25, -0.2) is 3.11 Å². The van der Waals surface area contributed by atoms with Crippen LogP contribution in [-0.4, -0.2) is 162 Å². The summed E-state index contributed by atoms with van der Waals surface area (Å²) < 4.78 is 15.6. The molecule has 0 saturated carbocycles. The Morgan fingerprint density at radius 3 is 2.08 bits per heavy atom. The van der Waals surface area contributed by atoms with Crippen LogP contribution in [0.15, 0.2) is 0 Å². The maximum atomic E-state index is 6.73. The van der Waals surface area contributed by atoms with Gasteiger partial charge in [0.25, 0.3) is 0 Å². The number of rotatable bonds is 8. The smallest absolute Gasteiger partial charge is 0.107 e. The minimum Gasteiger partial charge on any atom is -0.370 e. The van der Waals surface area contributed by atoms with Gasteiger partial charge in [0.05, 0.1) is 12.7 Å². The zero-order chi connectivity index (χ0) is 25.5. The average Bonchev–Trinajstić information content (AvgIpc) is 2.80. The summed E-state index contributed by atoms with van der Waals surface area (Å²) in [7, 11) is 2.26. The number of piperazine rings is 1. The maximum Gasteiger partial charge on any atom is 0.107 e. The predicted octanol–water partition coefficient (Wildman–Crippen LogP) is 1.69. The molecule has 0 aromatic carbocycles. The number of hydrogen-bond donors (Lipinski definition) is 0. The van der Waals surface area contributed by atoms with Crippen molar-refractivity contribution in [3.05, 3.63) is 0 Å². The van der Waals surface area contributed by atoms with E-state index in [0.29, 0.717) is 24.2 Å². The molecule has 5 aliphatic heterocycles. The monoisotopic (exact) mass is 618 g/mol. The van der Waals surface area contributed by atoms with Gasteiger partial charge in [0.2, 0.25) is 0 Å². The van der Waals surface area contributed by atoms with Crippen molar-refractivity contribution < 1.29 is 9.47 Å². The van der Waals surface area contributed by atoms with Crippen molar-refractivity contribution in [2.45, 2.75) is 76.0 Å². The quantitative estimate of drug-likeness (QED) is 0.301. The molecule has 36 heavy (non-hydrogen) atoms. The predicted molar refractivity (Wildman–Crippen MR) is 154 cm³/mol. The second-order valence-corrected chi connectivity index (χ2v) is 14.4. The molecule has 2 spiro atoms. The number of likely N-dealkylation sites (tertiary alicyclic amines) is 2. The van der Waals surface area contributed by atoms with E-state index in [-0.39, 0.29) is 11.2 Å². The van der Waals surface area contributed by atoms with Gasteiger partial charge >= 0.3 is 0 Å². The zero-order valence-electron chi connectivity index (χ0n) is 23.5. The maximum absolute atomic E-state index is 6.73. The lowest BCUT2D eigenvalue weighted by molar-refractivity contribution is -0.236. The second kappa shape index (κ2) is 11.5. The number of likely N-dealkylation sites (N-methyl/N-ethyl adjacent to an activating group) is 1. The topological polar surface area (TPSA) is 37.9 Å². The van der Waals surface area contributed by atoms with Crippen molar-refractivity contribution in [3.8, 4) is 0 Å². The third-order valence-corrected chi connectivity index (χ3v) is 10.4. The number of nitrogens with zero attached hydrogens (tertiary/aromatic N) is 6. The van der Waals surface area contributed by atoms with Gasteiger partial charge in [0.1, 0.15) is 11.2 Å². The normalized spacial score (nSPS) is 32.6. The molecule has 3 atom stereocenters.